The number of aromatic nitrogens is 1. The average Bonchev–Trinajstić information content (AvgIpc) is 3.83. The summed E-state index contributed by atoms with van der Waals surface area (Å²) < 4.78 is 25.3. The highest BCUT2D eigenvalue weighted by Gasteiger charge is 2.39. The minimum absolute atomic E-state index is 0.0301. The number of rotatable bonds is 21. The number of nitrogens with one attached hydrogen (secondary N) is 3. The molecule has 322 valence electrons. The van der Waals surface area contributed by atoms with Crippen LogP contribution in [0.2, 0.25) is 0 Å². The van der Waals surface area contributed by atoms with Crippen molar-refractivity contribution in [3.63, 3.8) is 0 Å². The molecule has 1 heterocycles. The Labute approximate surface area is 342 Å². The number of ether oxygens (including phenoxy) is 4. The van der Waals surface area contributed by atoms with E-state index in [1.165, 1.54) is 0 Å². The highest BCUT2D eigenvalue weighted by atomic mass is 16.6. The molecule has 0 aliphatic heterocycles. The molecule has 0 radical (unpaired) electrons. The molecule has 0 unspecified atom stereocenters. The molecule has 0 bridgehead atoms. The molecule has 3 rings (SSSR count). The van der Waals surface area contributed by atoms with Crippen LogP contribution in [0.5, 0.6) is 0 Å². The number of aryl methyl sites for hydroxylation is 1. The largest absolute Gasteiger partial charge is 0.459 e. The number of carbonyl (C=O) groups is 4. The number of benzene rings is 1. The van der Waals surface area contributed by atoms with Crippen LogP contribution in [0, 0.1) is 35.5 Å². The van der Waals surface area contributed by atoms with Crippen LogP contribution < -0.4 is 16.0 Å². The molecule has 2 aromatic rings. The predicted octanol–water partition coefficient (Wildman–Crippen LogP) is 8.43. The molecule has 12 nitrogen and oxygen atoms in total. The molecule has 57 heavy (non-hydrogen) atoms. The summed E-state index contributed by atoms with van der Waals surface area (Å²) in [6.45, 7) is 24.7. The molecular weight excluding hydrogens is 725 g/mol. The van der Waals surface area contributed by atoms with Crippen LogP contribution in [0.3, 0.4) is 0 Å². The van der Waals surface area contributed by atoms with Crippen molar-refractivity contribution in [1.82, 2.24) is 20.5 Å². The SMILES string of the molecule is COCCCn1ccc2ccc(C[C@@H](C[C@H](NC(=O)OC(C)(C)C)[C@H](C[C@H](C(=O)NCC3CC3)C(C)C)OC(=O)[C@@H](NC(=O)OC(C)(C)C)C(C)C)C(C)C)cc21. The first-order valence-electron chi connectivity index (χ1n) is 21.1. The number of fused-ring (bicyclic) bond motifs is 1. The van der Waals surface area contributed by atoms with Gasteiger partial charge < -0.3 is 39.5 Å². The van der Waals surface area contributed by atoms with Crippen molar-refractivity contribution in [2.75, 3.05) is 20.3 Å². The van der Waals surface area contributed by atoms with Crippen LogP contribution in [-0.2, 0) is 41.5 Å². The Balaban J connectivity index is 2.05. The van der Waals surface area contributed by atoms with Crippen LogP contribution in [0.1, 0.15) is 121 Å². The fourth-order valence-corrected chi connectivity index (χ4v) is 6.99. The first kappa shape index (κ1) is 47.6. The molecule has 0 saturated heterocycles. The maximum atomic E-state index is 14.2. The van der Waals surface area contributed by atoms with E-state index in [-0.39, 0.29) is 36.0 Å². The summed E-state index contributed by atoms with van der Waals surface area (Å²) in [5.74, 6) is -1.05. The van der Waals surface area contributed by atoms with E-state index in [1.807, 2.05) is 27.7 Å². The summed E-state index contributed by atoms with van der Waals surface area (Å²) in [4.78, 5) is 54.6. The molecule has 0 spiro atoms. The molecular formula is C45H74N4O8. The summed E-state index contributed by atoms with van der Waals surface area (Å²) in [5.41, 5.74) is 0.742. The lowest BCUT2D eigenvalue weighted by molar-refractivity contribution is -0.157. The zero-order chi connectivity index (χ0) is 42.7. The molecule has 5 atom stereocenters. The molecule has 3 N–H and O–H groups in total. The zero-order valence-corrected chi connectivity index (χ0v) is 37.2. The Kier molecular flexibility index (Phi) is 17.8. The van der Waals surface area contributed by atoms with E-state index in [2.05, 4.69) is 64.8 Å². The Morgan fingerprint density at radius 3 is 2.00 bits per heavy atom. The van der Waals surface area contributed by atoms with Crippen molar-refractivity contribution in [2.24, 2.45) is 35.5 Å². The Bertz CT molecular complexity index is 1600. The van der Waals surface area contributed by atoms with Crippen molar-refractivity contribution in [3.8, 4) is 0 Å². The van der Waals surface area contributed by atoms with Crippen molar-refractivity contribution < 1.29 is 38.1 Å². The summed E-state index contributed by atoms with van der Waals surface area (Å²) >= 11 is 0. The number of nitrogens with zero attached hydrogens (tertiary/aromatic N) is 1. The molecule has 1 fully saturated rings. The van der Waals surface area contributed by atoms with Gasteiger partial charge in [-0.1, -0.05) is 53.7 Å². The number of alkyl carbamates (subject to hydrolysis) is 2. The molecule has 3 amide bonds. The first-order valence-corrected chi connectivity index (χ1v) is 21.1. The van der Waals surface area contributed by atoms with E-state index in [1.54, 1.807) is 48.7 Å². The van der Waals surface area contributed by atoms with E-state index in [0.29, 0.717) is 31.9 Å². The quantitative estimate of drug-likeness (QED) is 0.0649. The van der Waals surface area contributed by atoms with Gasteiger partial charge in [0, 0.05) is 44.4 Å². The third-order valence-electron chi connectivity index (χ3n) is 10.5. The van der Waals surface area contributed by atoms with Gasteiger partial charge in [0.15, 0.2) is 0 Å². The molecule has 12 heteroatoms. The standard InChI is InChI=1S/C45H74N4O8/c1-28(2)34(23-32-17-18-33-19-21-49(37(33)24-32)20-14-22-54-13)25-36(47-42(52)56-44(7,8)9)38(26-35(29(3)4)40(50)46-27-31-15-16-31)55-41(51)39(30(5)6)48-43(53)57-45(10,11)12/h17-19,21,24,28-31,34-36,38-39H,14-16,20,22-23,25-27H2,1-13H3,(H,46,50)(H,47,52)(H,48,53)/t34-,35-,36-,38-,39-/m0/s1. The smallest absolute Gasteiger partial charge is 0.408 e. The van der Waals surface area contributed by atoms with Crippen molar-refractivity contribution in [1.29, 1.82) is 0 Å². The van der Waals surface area contributed by atoms with Gasteiger partial charge in [0.2, 0.25) is 5.91 Å². The van der Waals surface area contributed by atoms with Crippen LogP contribution >= 0.6 is 0 Å². The second kappa shape index (κ2) is 21.3. The number of amides is 3. The first-order chi connectivity index (χ1) is 26.6. The Hall–Kier alpha value is -3.80. The summed E-state index contributed by atoms with van der Waals surface area (Å²) in [5, 5.41) is 10.1. The maximum absolute atomic E-state index is 14.2. The van der Waals surface area contributed by atoms with Crippen LogP contribution in [0.15, 0.2) is 30.5 Å². The third kappa shape index (κ3) is 16.5. The van der Waals surface area contributed by atoms with E-state index in [0.717, 1.165) is 42.3 Å². The highest BCUT2D eigenvalue weighted by Crippen LogP contribution is 2.31. The van der Waals surface area contributed by atoms with Gasteiger partial charge in [0.05, 0.1) is 6.04 Å². The van der Waals surface area contributed by atoms with Gasteiger partial charge in [0.25, 0.3) is 0 Å². The summed E-state index contributed by atoms with van der Waals surface area (Å²) in [6, 6.07) is 6.88. The topological polar surface area (TPSA) is 146 Å². The van der Waals surface area contributed by atoms with E-state index < -0.39 is 53.5 Å². The van der Waals surface area contributed by atoms with E-state index in [9.17, 15) is 19.2 Å². The van der Waals surface area contributed by atoms with Crippen molar-refractivity contribution >= 4 is 35.0 Å². The highest BCUT2D eigenvalue weighted by molar-refractivity contribution is 5.83. The van der Waals surface area contributed by atoms with Gasteiger partial charge in [0.1, 0.15) is 23.3 Å². The molecule has 1 aliphatic carbocycles. The lowest BCUT2D eigenvalue weighted by atomic mass is 9.80. The van der Waals surface area contributed by atoms with Gasteiger partial charge in [-0.05, 0) is 133 Å². The van der Waals surface area contributed by atoms with Gasteiger partial charge in [-0.25, -0.2) is 14.4 Å². The van der Waals surface area contributed by atoms with Gasteiger partial charge in [-0.15, -0.1) is 0 Å². The minimum Gasteiger partial charge on any atom is -0.459 e. The van der Waals surface area contributed by atoms with Gasteiger partial charge >= 0.3 is 18.2 Å². The van der Waals surface area contributed by atoms with E-state index in [4.69, 9.17) is 18.9 Å². The van der Waals surface area contributed by atoms with E-state index >= 15 is 0 Å². The van der Waals surface area contributed by atoms with Crippen LogP contribution in [0.4, 0.5) is 9.59 Å². The van der Waals surface area contributed by atoms with Gasteiger partial charge in [-0.3, -0.25) is 4.79 Å². The van der Waals surface area contributed by atoms with Crippen molar-refractivity contribution in [2.45, 2.75) is 158 Å². The average molecular weight is 799 g/mol. The Morgan fingerprint density at radius 1 is 0.825 bits per heavy atom. The maximum Gasteiger partial charge on any atom is 0.408 e. The summed E-state index contributed by atoms with van der Waals surface area (Å²) in [7, 11) is 1.71. The number of hydrogen-bond donors (Lipinski definition) is 3. The lowest BCUT2D eigenvalue weighted by Crippen LogP contribution is -2.53. The number of methoxy groups -OCH3 is 1. The molecule has 1 aromatic heterocycles. The number of carbonyl (C=O) groups excluding carboxylic acids is 4. The summed E-state index contributed by atoms with van der Waals surface area (Å²) in [6.07, 6.45) is 4.18. The second-order valence-corrected chi connectivity index (χ2v) is 19.1. The normalized spacial score (nSPS) is 16.2. The van der Waals surface area contributed by atoms with Crippen molar-refractivity contribution in [3.05, 3.63) is 36.0 Å². The van der Waals surface area contributed by atoms with Crippen LogP contribution in [0.25, 0.3) is 10.9 Å². The monoisotopic (exact) mass is 799 g/mol. The zero-order valence-electron chi connectivity index (χ0n) is 37.2. The molecule has 1 saturated carbocycles. The second-order valence-electron chi connectivity index (χ2n) is 19.1. The third-order valence-corrected chi connectivity index (χ3v) is 10.5. The molecule has 1 aromatic carbocycles. The fourth-order valence-electron chi connectivity index (χ4n) is 6.99. The fraction of sp³-hybridized carbons (Fsp3) is 0.733. The predicted molar refractivity (Wildman–Crippen MR) is 225 cm³/mol. The Morgan fingerprint density at radius 2 is 1.46 bits per heavy atom. The number of hydrogen-bond acceptors (Lipinski definition) is 8. The molecule has 1 aliphatic rings. The van der Waals surface area contributed by atoms with Gasteiger partial charge in [-0.2, -0.15) is 0 Å². The minimum atomic E-state index is -1.04. The van der Waals surface area contributed by atoms with Crippen LogP contribution in [-0.4, -0.2) is 78.3 Å². The lowest BCUT2D eigenvalue weighted by Gasteiger charge is -2.36. The number of esters is 1.